The maximum Gasteiger partial charge on any atom is 0.341 e. The lowest BCUT2D eigenvalue weighted by atomic mass is 10.1. The van der Waals surface area contributed by atoms with E-state index in [1.165, 1.54) is 23.5 Å². The highest BCUT2D eigenvalue weighted by Gasteiger charge is 2.18. The van der Waals surface area contributed by atoms with Crippen LogP contribution in [0.2, 0.25) is 0 Å². The Kier molecular flexibility index (Phi) is 7.45. The van der Waals surface area contributed by atoms with Crippen molar-refractivity contribution in [1.82, 2.24) is 4.98 Å². The predicted molar refractivity (Wildman–Crippen MR) is 135 cm³/mol. The Labute approximate surface area is 210 Å². The fourth-order valence-corrected chi connectivity index (χ4v) is 4.48. The van der Waals surface area contributed by atoms with Crippen LogP contribution < -0.4 is 14.2 Å². The van der Waals surface area contributed by atoms with Gasteiger partial charge in [0.15, 0.2) is 6.61 Å². The SMILES string of the molecule is COc1ccc(-c2nc(COc3ccc(OCC(=O)O)c(C)c3)sc2-c2cccc([N+](=O)[O-])c2)cc1. The van der Waals surface area contributed by atoms with Crippen LogP contribution >= 0.6 is 11.3 Å². The number of hydrogen-bond donors (Lipinski definition) is 1. The zero-order chi connectivity index (χ0) is 25.7. The normalized spacial score (nSPS) is 10.6. The number of aliphatic carboxylic acids is 1. The van der Waals surface area contributed by atoms with Crippen LogP contribution in [-0.4, -0.2) is 34.7 Å². The summed E-state index contributed by atoms with van der Waals surface area (Å²) in [6, 6.07) is 19.0. The van der Waals surface area contributed by atoms with Crippen molar-refractivity contribution in [2.45, 2.75) is 13.5 Å². The summed E-state index contributed by atoms with van der Waals surface area (Å²) in [5.41, 5.74) is 2.96. The van der Waals surface area contributed by atoms with E-state index in [-0.39, 0.29) is 12.3 Å². The maximum absolute atomic E-state index is 11.3. The molecule has 36 heavy (non-hydrogen) atoms. The molecule has 4 rings (SSSR count). The van der Waals surface area contributed by atoms with Crippen LogP contribution in [0, 0.1) is 17.0 Å². The van der Waals surface area contributed by atoms with Crippen LogP contribution in [0.25, 0.3) is 21.7 Å². The molecule has 0 fully saturated rings. The van der Waals surface area contributed by atoms with Gasteiger partial charge in [-0.05, 0) is 55.0 Å². The van der Waals surface area contributed by atoms with E-state index in [4.69, 9.17) is 24.3 Å². The Bertz CT molecular complexity index is 1400. The maximum atomic E-state index is 11.3. The molecule has 9 nitrogen and oxygen atoms in total. The molecule has 3 aromatic carbocycles. The molecule has 0 aliphatic carbocycles. The Morgan fingerprint density at radius 3 is 2.44 bits per heavy atom. The number of thiazole rings is 1. The number of rotatable bonds is 10. The van der Waals surface area contributed by atoms with Crippen molar-refractivity contribution >= 4 is 23.0 Å². The predicted octanol–water partition coefficient (Wildman–Crippen LogP) is 5.74. The van der Waals surface area contributed by atoms with E-state index in [0.717, 1.165) is 16.0 Å². The highest BCUT2D eigenvalue weighted by Crippen LogP contribution is 2.39. The second-order valence-electron chi connectivity index (χ2n) is 7.72. The molecule has 0 unspecified atom stereocenters. The molecule has 0 atom stereocenters. The minimum absolute atomic E-state index is 0.0000582. The number of aromatic nitrogens is 1. The van der Waals surface area contributed by atoms with Crippen molar-refractivity contribution in [2.24, 2.45) is 0 Å². The van der Waals surface area contributed by atoms with Crippen LogP contribution in [0.15, 0.2) is 66.7 Å². The van der Waals surface area contributed by atoms with Crippen molar-refractivity contribution in [3.05, 3.63) is 87.4 Å². The van der Waals surface area contributed by atoms with Gasteiger partial charge in [0.25, 0.3) is 5.69 Å². The first-order valence-corrected chi connectivity index (χ1v) is 11.6. The van der Waals surface area contributed by atoms with Gasteiger partial charge in [-0.1, -0.05) is 12.1 Å². The van der Waals surface area contributed by atoms with Gasteiger partial charge >= 0.3 is 5.97 Å². The first-order chi connectivity index (χ1) is 17.3. The summed E-state index contributed by atoms with van der Waals surface area (Å²) >= 11 is 1.40. The lowest BCUT2D eigenvalue weighted by Gasteiger charge is -2.09. The molecular formula is C26H22N2O7S. The summed E-state index contributed by atoms with van der Waals surface area (Å²) in [5.74, 6) is 0.702. The van der Waals surface area contributed by atoms with E-state index in [0.29, 0.717) is 33.5 Å². The molecule has 0 aliphatic heterocycles. The zero-order valence-electron chi connectivity index (χ0n) is 19.5. The molecular weight excluding hydrogens is 484 g/mol. The summed E-state index contributed by atoms with van der Waals surface area (Å²) in [6.45, 7) is 1.56. The molecule has 0 aliphatic rings. The second kappa shape index (κ2) is 10.9. The van der Waals surface area contributed by atoms with Gasteiger partial charge in [0.1, 0.15) is 28.9 Å². The van der Waals surface area contributed by atoms with E-state index in [2.05, 4.69) is 0 Å². The van der Waals surface area contributed by atoms with E-state index in [1.807, 2.05) is 30.3 Å². The number of nitrogens with zero attached hydrogens (tertiary/aromatic N) is 2. The summed E-state index contributed by atoms with van der Waals surface area (Å²) in [5, 5.41) is 20.8. The number of carboxylic acids is 1. The minimum Gasteiger partial charge on any atom is -0.497 e. The van der Waals surface area contributed by atoms with Gasteiger partial charge in [-0.3, -0.25) is 10.1 Å². The highest BCUT2D eigenvalue weighted by atomic mass is 32.1. The molecule has 0 saturated heterocycles. The van der Waals surface area contributed by atoms with Crippen LogP contribution in [-0.2, 0) is 11.4 Å². The summed E-state index contributed by atoms with van der Waals surface area (Å²) in [6.07, 6.45) is 0. The third kappa shape index (κ3) is 5.78. The monoisotopic (exact) mass is 506 g/mol. The second-order valence-corrected chi connectivity index (χ2v) is 8.80. The highest BCUT2D eigenvalue weighted by molar-refractivity contribution is 7.15. The van der Waals surface area contributed by atoms with Gasteiger partial charge in [0, 0.05) is 23.3 Å². The van der Waals surface area contributed by atoms with E-state index in [1.54, 1.807) is 38.3 Å². The number of carboxylic acid groups (broad SMARTS) is 1. The number of benzene rings is 3. The van der Waals surface area contributed by atoms with Crippen LogP contribution in [0.1, 0.15) is 10.6 Å². The van der Waals surface area contributed by atoms with Gasteiger partial charge in [0.05, 0.1) is 22.6 Å². The lowest BCUT2D eigenvalue weighted by molar-refractivity contribution is -0.384. The molecule has 0 radical (unpaired) electrons. The average Bonchev–Trinajstić information content (AvgIpc) is 3.31. The quantitative estimate of drug-likeness (QED) is 0.213. The lowest BCUT2D eigenvalue weighted by Crippen LogP contribution is -2.10. The van der Waals surface area contributed by atoms with Crippen molar-refractivity contribution in [3.63, 3.8) is 0 Å². The van der Waals surface area contributed by atoms with Crippen LogP contribution in [0.3, 0.4) is 0 Å². The summed E-state index contributed by atoms with van der Waals surface area (Å²) < 4.78 is 16.4. The van der Waals surface area contributed by atoms with Gasteiger partial charge in [-0.2, -0.15) is 0 Å². The van der Waals surface area contributed by atoms with Gasteiger partial charge in [-0.25, -0.2) is 9.78 Å². The fraction of sp³-hybridized carbons (Fsp3) is 0.154. The molecule has 0 bridgehead atoms. The van der Waals surface area contributed by atoms with Crippen molar-refractivity contribution < 1.29 is 29.0 Å². The number of ether oxygens (including phenoxy) is 3. The van der Waals surface area contributed by atoms with Crippen LogP contribution in [0.4, 0.5) is 5.69 Å². The fourth-order valence-electron chi connectivity index (χ4n) is 3.49. The molecule has 184 valence electrons. The standard InChI is InChI=1S/C26H22N2O7S/c1-16-12-21(10-11-22(16)35-15-24(29)30)34-14-23-27-25(17-6-8-20(33-2)9-7-17)26(36-23)18-4-3-5-19(13-18)28(31)32/h3-13H,14-15H2,1-2H3,(H,29,30). The number of carbonyl (C=O) groups is 1. The Morgan fingerprint density at radius 2 is 1.78 bits per heavy atom. The molecule has 0 saturated carbocycles. The molecule has 1 aromatic heterocycles. The Morgan fingerprint density at radius 1 is 1.03 bits per heavy atom. The third-order valence-corrected chi connectivity index (χ3v) is 6.29. The number of nitro groups is 1. The smallest absolute Gasteiger partial charge is 0.341 e. The number of non-ortho nitro benzene ring substituents is 1. The van der Waals surface area contributed by atoms with E-state index < -0.39 is 17.5 Å². The number of nitro benzene ring substituents is 1. The molecule has 0 amide bonds. The van der Waals surface area contributed by atoms with Gasteiger partial charge < -0.3 is 19.3 Å². The number of hydrogen-bond acceptors (Lipinski definition) is 8. The topological polar surface area (TPSA) is 121 Å². The van der Waals surface area contributed by atoms with Gasteiger partial charge in [-0.15, -0.1) is 11.3 Å². The molecule has 10 heteroatoms. The Balaban J connectivity index is 1.62. The first-order valence-electron chi connectivity index (χ1n) is 10.8. The summed E-state index contributed by atoms with van der Waals surface area (Å²) in [4.78, 5) is 27.2. The van der Waals surface area contributed by atoms with Crippen molar-refractivity contribution in [1.29, 1.82) is 0 Å². The minimum atomic E-state index is -1.05. The third-order valence-electron chi connectivity index (χ3n) is 5.21. The Hall–Kier alpha value is -4.44. The molecule has 1 N–H and O–H groups in total. The van der Waals surface area contributed by atoms with E-state index in [9.17, 15) is 14.9 Å². The summed E-state index contributed by atoms with van der Waals surface area (Å²) in [7, 11) is 1.59. The molecule has 1 heterocycles. The molecule has 4 aromatic rings. The van der Waals surface area contributed by atoms with Crippen LogP contribution in [0.5, 0.6) is 17.2 Å². The number of aryl methyl sites for hydroxylation is 1. The largest absolute Gasteiger partial charge is 0.497 e. The first kappa shape index (κ1) is 24.7. The van der Waals surface area contributed by atoms with Gasteiger partial charge in [0.2, 0.25) is 0 Å². The van der Waals surface area contributed by atoms with E-state index >= 15 is 0 Å². The average molecular weight is 507 g/mol. The number of methoxy groups -OCH3 is 1. The van der Waals surface area contributed by atoms with Crippen molar-refractivity contribution in [3.8, 4) is 38.9 Å². The zero-order valence-corrected chi connectivity index (χ0v) is 20.3. The molecule has 0 spiro atoms. The van der Waals surface area contributed by atoms with Crippen molar-refractivity contribution in [2.75, 3.05) is 13.7 Å².